The van der Waals surface area contributed by atoms with Gasteiger partial charge in [0.15, 0.2) is 0 Å². The monoisotopic (exact) mass is 219 g/mol. The average molecular weight is 219 g/mol. The van der Waals surface area contributed by atoms with Crippen molar-refractivity contribution in [3.63, 3.8) is 0 Å². The lowest BCUT2D eigenvalue weighted by Crippen LogP contribution is -2.33. The van der Waals surface area contributed by atoms with E-state index in [1.165, 1.54) is 17.5 Å². The fourth-order valence-electron chi connectivity index (χ4n) is 2.56. The molecule has 1 saturated heterocycles. The average Bonchev–Trinajstić information content (AvgIpc) is 2.29. The van der Waals surface area contributed by atoms with Gasteiger partial charge in [-0.3, -0.25) is 0 Å². The third-order valence-corrected chi connectivity index (χ3v) is 3.53. The minimum atomic E-state index is -0.312. The third kappa shape index (κ3) is 2.45. The fourth-order valence-corrected chi connectivity index (χ4v) is 2.56. The van der Waals surface area contributed by atoms with Crippen LogP contribution in [0, 0.1) is 19.8 Å². The molecule has 2 heteroatoms. The van der Waals surface area contributed by atoms with Crippen LogP contribution in [0.2, 0.25) is 0 Å². The predicted molar refractivity (Wildman–Crippen MR) is 66.5 cm³/mol. The lowest BCUT2D eigenvalue weighted by Gasteiger charge is -2.28. The molecular formula is C14H21NO. The third-order valence-electron chi connectivity index (χ3n) is 3.53. The molecule has 1 aliphatic heterocycles. The first-order chi connectivity index (χ1) is 7.68. The van der Waals surface area contributed by atoms with E-state index in [0.717, 1.165) is 25.1 Å². The maximum absolute atomic E-state index is 10.4. The van der Waals surface area contributed by atoms with Gasteiger partial charge in [-0.25, -0.2) is 0 Å². The predicted octanol–water partition coefficient (Wildman–Crippen LogP) is 2.34. The highest BCUT2D eigenvalue weighted by molar-refractivity contribution is 5.32. The fraction of sp³-hybridized carbons (Fsp3) is 0.571. The first-order valence-corrected chi connectivity index (χ1v) is 6.14. The van der Waals surface area contributed by atoms with Crippen LogP contribution in [0.5, 0.6) is 0 Å². The minimum absolute atomic E-state index is 0.312. The molecule has 2 N–H and O–H groups in total. The van der Waals surface area contributed by atoms with Crippen LogP contribution in [-0.2, 0) is 0 Å². The van der Waals surface area contributed by atoms with E-state index in [1.807, 2.05) is 0 Å². The van der Waals surface area contributed by atoms with Crippen LogP contribution in [0.3, 0.4) is 0 Å². The number of nitrogens with one attached hydrogen (secondary N) is 1. The SMILES string of the molecule is Cc1ccc(C(O)C2CCCNC2)c(C)c1. The van der Waals surface area contributed by atoms with E-state index in [0.29, 0.717) is 5.92 Å². The van der Waals surface area contributed by atoms with E-state index in [2.05, 4.69) is 37.4 Å². The molecule has 1 fully saturated rings. The summed E-state index contributed by atoms with van der Waals surface area (Å²) < 4.78 is 0. The van der Waals surface area contributed by atoms with Crippen molar-refractivity contribution in [3.8, 4) is 0 Å². The molecule has 0 aliphatic carbocycles. The van der Waals surface area contributed by atoms with Gasteiger partial charge >= 0.3 is 0 Å². The van der Waals surface area contributed by atoms with Crippen molar-refractivity contribution in [2.45, 2.75) is 32.8 Å². The molecule has 88 valence electrons. The van der Waals surface area contributed by atoms with Crippen molar-refractivity contribution in [3.05, 3.63) is 34.9 Å². The Morgan fingerprint density at radius 1 is 1.38 bits per heavy atom. The van der Waals surface area contributed by atoms with Crippen molar-refractivity contribution in [2.75, 3.05) is 13.1 Å². The molecule has 1 aliphatic rings. The maximum Gasteiger partial charge on any atom is 0.0832 e. The summed E-state index contributed by atoms with van der Waals surface area (Å²) in [5.41, 5.74) is 3.56. The van der Waals surface area contributed by atoms with E-state index in [1.54, 1.807) is 0 Å². The van der Waals surface area contributed by atoms with E-state index in [-0.39, 0.29) is 6.10 Å². The Hall–Kier alpha value is -0.860. The van der Waals surface area contributed by atoms with Gasteiger partial charge in [-0.2, -0.15) is 0 Å². The van der Waals surface area contributed by atoms with Gasteiger partial charge in [0.05, 0.1) is 6.10 Å². The zero-order valence-corrected chi connectivity index (χ0v) is 10.2. The largest absolute Gasteiger partial charge is 0.388 e. The topological polar surface area (TPSA) is 32.3 Å². The van der Waals surface area contributed by atoms with Gasteiger partial charge in [-0.1, -0.05) is 23.8 Å². The Morgan fingerprint density at radius 3 is 2.81 bits per heavy atom. The number of aliphatic hydroxyl groups is 1. The second-order valence-electron chi connectivity index (χ2n) is 4.91. The van der Waals surface area contributed by atoms with E-state index in [9.17, 15) is 5.11 Å². The molecular weight excluding hydrogens is 198 g/mol. The summed E-state index contributed by atoms with van der Waals surface area (Å²) >= 11 is 0. The van der Waals surface area contributed by atoms with Crippen LogP contribution < -0.4 is 5.32 Å². The molecule has 0 spiro atoms. The molecule has 0 radical (unpaired) electrons. The van der Waals surface area contributed by atoms with E-state index < -0.39 is 0 Å². The second kappa shape index (κ2) is 4.98. The summed E-state index contributed by atoms with van der Waals surface area (Å²) in [5.74, 6) is 0.371. The molecule has 2 unspecified atom stereocenters. The Kier molecular flexibility index (Phi) is 3.62. The quantitative estimate of drug-likeness (QED) is 0.800. The van der Waals surface area contributed by atoms with Gasteiger partial charge < -0.3 is 10.4 Å². The van der Waals surface area contributed by atoms with Gasteiger partial charge in [-0.15, -0.1) is 0 Å². The van der Waals surface area contributed by atoms with Gasteiger partial charge in [0.1, 0.15) is 0 Å². The molecule has 2 nitrogen and oxygen atoms in total. The smallest absolute Gasteiger partial charge is 0.0832 e. The van der Waals surface area contributed by atoms with E-state index in [4.69, 9.17) is 0 Å². The first-order valence-electron chi connectivity index (χ1n) is 6.14. The summed E-state index contributed by atoms with van der Waals surface area (Å²) in [4.78, 5) is 0. The maximum atomic E-state index is 10.4. The molecule has 2 rings (SSSR count). The lowest BCUT2D eigenvalue weighted by atomic mass is 9.87. The summed E-state index contributed by atoms with van der Waals surface area (Å²) in [7, 11) is 0. The highest BCUT2D eigenvalue weighted by Gasteiger charge is 2.23. The number of benzene rings is 1. The second-order valence-corrected chi connectivity index (χ2v) is 4.91. The van der Waals surface area contributed by atoms with Crippen LogP contribution in [0.1, 0.15) is 35.6 Å². The zero-order valence-electron chi connectivity index (χ0n) is 10.2. The minimum Gasteiger partial charge on any atom is -0.388 e. The number of rotatable bonds is 2. The molecule has 0 amide bonds. The van der Waals surface area contributed by atoms with Gasteiger partial charge in [0, 0.05) is 12.5 Å². The van der Waals surface area contributed by atoms with Crippen molar-refractivity contribution < 1.29 is 5.11 Å². The van der Waals surface area contributed by atoms with Crippen molar-refractivity contribution >= 4 is 0 Å². The standard InChI is InChI=1S/C14H21NO/c1-10-5-6-13(11(2)8-10)14(16)12-4-3-7-15-9-12/h5-6,8,12,14-16H,3-4,7,9H2,1-2H3. The summed E-state index contributed by atoms with van der Waals surface area (Å²) in [5, 5.41) is 13.7. The molecule has 16 heavy (non-hydrogen) atoms. The van der Waals surface area contributed by atoms with Gasteiger partial charge in [0.25, 0.3) is 0 Å². The first kappa shape index (κ1) is 11.6. The summed E-state index contributed by atoms with van der Waals surface area (Å²) in [6.07, 6.45) is 1.99. The van der Waals surface area contributed by atoms with Crippen molar-refractivity contribution in [2.24, 2.45) is 5.92 Å². The Morgan fingerprint density at radius 2 is 2.19 bits per heavy atom. The number of aliphatic hydroxyl groups excluding tert-OH is 1. The number of aryl methyl sites for hydroxylation is 2. The normalized spacial score (nSPS) is 23.1. The zero-order chi connectivity index (χ0) is 11.5. The van der Waals surface area contributed by atoms with Crippen molar-refractivity contribution in [1.29, 1.82) is 0 Å². The van der Waals surface area contributed by atoms with E-state index >= 15 is 0 Å². The highest BCUT2D eigenvalue weighted by atomic mass is 16.3. The van der Waals surface area contributed by atoms with Crippen LogP contribution in [-0.4, -0.2) is 18.2 Å². The van der Waals surface area contributed by atoms with Crippen LogP contribution in [0.25, 0.3) is 0 Å². The molecule has 2 atom stereocenters. The summed E-state index contributed by atoms with van der Waals surface area (Å²) in [6, 6.07) is 6.31. The molecule has 0 aromatic heterocycles. The lowest BCUT2D eigenvalue weighted by molar-refractivity contribution is 0.0916. The molecule has 1 heterocycles. The van der Waals surface area contributed by atoms with Crippen molar-refractivity contribution in [1.82, 2.24) is 5.32 Å². The molecule has 0 bridgehead atoms. The summed E-state index contributed by atoms with van der Waals surface area (Å²) in [6.45, 7) is 6.21. The molecule has 0 saturated carbocycles. The Balaban J connectivity index is 2.15. The molecule has 1 aromatic carbocycles. The number of hydrogen-bond donors (Lipinski definition) is 2. The number of hydrogen-bond acceptors (Lipinski definition) is 2. The van der Waals surface area contributed by atoms with Crippen LogP contribution in [0.4, 0.5) is 0 Å². The molecule has 1 aromatic rings. The van der Waals surface area contributed by atoms with Gasteiger partial charge in [0.2, 0.25) is 0 Å². The Bertz CT molecular complexity index is 356. The Labute approximate surface area is 97.7 Å². The van der Waals surface area contributed by atoms with Crippen LogP contribution >= 0.6 is 0 Å². The van der Waals surface area contributed by atoms with Gasteiger partial charge in [-0.05, 0) is 44.4 Å². The van der Waals surface area contributed by atoms with Crippen LogP contribution in [0.15, 0.2) is 18.2 Å². The number of piperidine rings is 1. The highest BCUT2D eigenvalue weighted by Crippen LogP contribution is 2.29.